The predicted molar refractivity (Wildman–Crippen MR) is 195 cm³/mol. The number of carbonyl (C=O) groups excluding carboxylic acids is 7. The van der Waals surface area contributed by atoms with Gasteiger partial charge in [0.25, 0.3) is 17.7 Å². The highest BCUT2D eigenvalue weighted by atomic mass is 16.5. The zero-order valence-corrected chi connectivity index (χ0v) is 30.6. The number of rotatable bonds is 25. The van der Waals surface area contributed by atoms with Crippen LogP contribution in [0.5, 0.6) is 0 Å². The van der Waals surface area contributed by atoms with E-state index in [0.29, 0.717) is 43.5 Å². The number of urea groups is 1. The highest BCUT2D eigenvalue weighted by Gasteiger charge is 2.39. The van der Waals surface area contributed by atoms with Crippen LogP contribution in [0.4, 0.5) is 10.5 Å². The van der Waals surface area contributed by atoms with E-state index in [1.54, 1.807) is 51.1 Å². The lowest BCUT2D eigenvalue weighted by Crippen LogP contribution is -2.62. The molecule has 1 aromatic carbocycles. The Morgan fingerprint density at radius 2 is 1.58 bits per heavy atom. The molecule has 0 bridgehead atoms. The van der Waals surface area contributed by atoms with E-state index in [2.05, 4.69) is 26.6 Å². The molecule has 0 aromatic heterocycles. The zero-order chi connectivity index (χ0) is 39.2. The molecule has 0 radical (unpaired) electrons. The molecule has 53 heavy (non-hydrogen) atoms. The molecule has 2 rings (SSSR count). The lowest BCUT2D eigenvalue weighted by Gasteiger charge is -2.34. The fraction of sp³-hybridized carbons (Fsp3) is 0.528. The van der Waals surface area contributed by atoms with Crippen molar-refractivity contribution in [1.29, 1.82) is 0 Å². The fourth-order valence-corrected chi connectivity index (χ4v) is 4.79. The van der Waals surface area contributed by atoms with Crippen LogP contribution in [0, 0.1) is 5.92 Å². The topological polar surface area (TPSA) is 248 Å². The quantitative estimate of drug-likeness (QED) is 0.0412. The Kier molecular flexibility index (Phi) is 19.5. The molecule has 1 heterocycles. The van der Waals surface area contributed by atoms with Gasteiger partial charge >= 0.3 is 6.03 Å². The number of anilines is 1. The standard InChI is InChI=1S/C36H53N7O10/c1-25(2)36(3,34(50)41-28(9-6-8-18-39-35(37)51)33(49)40-27-13-11-26(23-44)12-14-27)42-29(45)10-5-4-7-17-38-30(46)24-53-22-21-52-20-19-43-31(47)15-16-32(43)48/h6,9,11-16,25,28,44H,4-5,7-8,10,17-24H2,1-3H3,(H,38,46)(H,40,49)(H,41,50)(H,42,45)(H3,37,39,51)/b9-6+. The van der Waals surface area contributed by atoms with E-state index >= 15 is 0 Å². The number of aliphatic hydroxyl groups excluding tert-OH is 1. The summed E-state index contributed by atoms with van der Waals surface area (Å²) in [4.78, 5) is 86.9. The average molecular weight is 744 g/mol. The van der Waals surface area contributed by atoms with Crippen molar-refractivity contribution in [3.63, 3.8) is 0 Å². The number of nitrogens with zero attached hydrogens (tertiary/aromatic N) is 1. The third-order valence-corrected chi connectivity index (χ3v) is 8.31. The third-order valence-electron chi connectivity index (χ3n) is 8.31. The minimum Gasteiger partial charge on any atom is -0.392 e. The van der Waals surface area contributed by atoms with Crippen molar-refractivity contribution in [2.75, 3.05) is 51.4 Å². The number of hydrogen-bond donors (Lipinski definition) is 7. The number of carbonyl (C=O) groups is 7. The summed E-state index contributed by atoms with van der Waals surface area (Å²) in [5.41, 5.74) is 4.85. The number of unbranched alkanes of at least 4 members (excludes halogenated alkanes) is 2. The molecule has 292 valence electrons. The lowest BCUT2D eigenvalue weighted by atomic mass is 9.86. The number of imide groups is 1. The van der Waals surface area contributed by atoms with Crippen LogP contribution in [0.2, 0.25) is 0 Å². The molecule has 0 saturated heterocycles. The van der Waals surface area contributed by atoms with E-state index < -0.39 is 29.4 Å². The zero-order valence-electron chi connectivity index (χ0n) is 30.6. The van der Waals surface area contributed by atoms with Gasteiger partial charge in [-0.05, 0) is 49.8 Å². The largest absolute Gasteiger partial charge is 0.392 e. The van der Waals surface area contributed by atoms with Gasteiger partial charge in [-0.1, -0.05) is 44.6 Å². The van der Waals surface area contributed by atoms with E-state index in [-0.39, 0.29) is 82.1 Å². The number of primary amides is 1. The summed E-state index contributed by atoms with van der Waals surface area (Å²) in [6.07, 6.45) is 7.78. The van der Waals surface area contributed by atoms with Crippen molar-refractivity contribution >= 4 is 47.2 Å². The second-order valence-corrected chi connectivity index (χ2v) is 12.7. The Balaban J connectivity index is 1.75. The Hall–Kier alpha value is -5.13. The highest BCUT2D eigenvalue weighted by molar-refractivity contribution is 6.12. The third kappa shape index (κ3) is 16.4. The molecule has 17 heteroatoms. The van der Waals surface area contributed by atoms with Crippen LogP contribution in [-0.4, -0.2) is 109 Å². The van der Waals surface area contributed by atoms with E-state index in [0.717, 1.165) is 4.90 Å². The molecule has 2 unspecified atom stereocenters. The smallest absolute Gasteiger partial charge is 0.312 e. The van der Waals surface area contributed by atoms with Crippen molar-refractivity contribution in [2.45, 2.75) is 71.1 Å². The van der Waals surface area contributed by atoms with E-state index in [9.17, 15) is 38.7 Å². The van der Waals surface area contributed by atoms with Crippen molar-refractivity contribution in [2.24, 2.45) is 11.7 Å². The normalized spacial score (nSPS) is 14.2. The molecule has 8 N–H and O–H groups in total. The summed E-state index contributed by atoms with van der Waals surface area (Å²) in [5, 5.41) is 22.8. The van der Waals surface area contributed by atoms with Gasteiger partial charge in [-0.15, -0.1) is 0 Å². The van der Waals surface area contributed by atoms with Gasteiger partial charge in [0, 0.05) is 37.3 Å². The summed E-state index contributed by atoms with van der Waals surface area (Å²) in [5.74, 6) is -2.85. The van der Waals surface area contributed by atoms with Crippen LogP contribution >= 0.6 is 0 Å². The summed E-state index contributed by atoms with van der Waals surface area (Å²) in [7, 11) is 0. The number of nitrogens with one attached hydrogen (secondary N) is 5. The van der Waals surface area contributed by atoms with Gasteiger partial charge in [0.1, 0.15) is 18.2 Å². The molecule has 1 aliphatic heterocycles. The second-order valence-electron chi connectivity index (χ2n) is 12.7. The van der Waals surface area contributed by atoms with E-state index in [1.165, 1.54) is 18.2 Å². The molecular weight excluding hydrogens is 690 g/mol. The Morgan fingerprint density at radius 3 is 2.23 bits per heavy atom. The van der Waals surface area contributed by atoms with Gasteiger partial charge in [-0.25, -0.2) is 4.79 Å². The van der Waals surface area contributed by atoms with E-state index in [1.807, 2.05) is 0 Å². The number of nitrogens with two attached hydrogens (primary N) is 1. The molecule has 0 spiro atoms. The van der Waals surface area contributed by atoms with Crippen LogP contribution in [-0.2, 0) is 44.8 Å². The Labute approximate surface area is 309 Å². The van der Waals surface area contributed by atoms with Crippen molar-refractivity contribution < 1.29 is 48.1 Å². The first kappa shape index (κ1) is 44.0. The number of aliphatic hydroxyl groups is 1. The fourth-order valence-electron chi connectivity index (χ4n) is 4.79. The van der Waals surface area contributed by atoms with Gasteiger partial charge in [0.05, 0.1) is 33.0 Å². The molecule has 0 fully saturated rings. The molecule has 0 aliphatic carbocycles. The SMILES string of the molecule is CC(C)C(C)(NC(=O)CCCCCNC(=O)COCCOCCN1C(=O)C=CC1=O)C(=O)NC(/C=C/CCNC(N)=O)C(=O)Nc1ccc(CO)cc1. The molecular formula is C36H53N7O10. The Bertz CT molecular complexity index is 1450. The number of amides is 8. The molecule has 8 amide bonds. The van der Waals surface area contributed by atoms with Crippen LogP contribution < -0.4 is 32.3 Å². The molecule has 2 atom stereocenters. The van der Waals surface area contributed by atoms with Gasteiger partial charge in [-0.3, -0.25) is 33.7 Å². The molecule has 1 aromatic rings. The summed E-state index contributed by atoms with van der Waals surface area (Å²) >= 11 is 0. The van der Waals surface area contributed by atoms with Gasteiger partial charge < -0.3 is 46.9 Å². The summed E-state index contributed by atoms with van der Waals surface area (Å²) in [6.45, 7) is 6.12. The molecule has 1 aliphatic rings. The maximum Gasteiger partial charge on any atom is 0.312 e. The van der Waals surface area contributed by atoms with Crippen molar-refractivity contribution in [3.05, 3.63) is 54.1 Å². The van der Waals surface area contributed by atoms with Crippen LogP contribution in [0.1, 0.15) is 58.4 Å². The van der Waals surface area contributed by atoms with E-state index in [4.69, 9.17) is 15.2 Å². The maximum absolute atomic E-state index is 13.6. The lowest BCUT2D eigenvalue weighted by molar-refractivity contribution is -0.138. The number of hydrogen-bond acceptors (Lipinski definition) is 10. The van der Waals surface area contributed by atoms with Gasteiger partial charge in [0.15, 0.2) is 0 Å². The monoisotopic (exact) mass is 743 g/mol. The molecule has 0 saturated carbocycles. The maximum atomic E-state index is 13.6. The minimum absolute atomic E-state index is 0.142. The predicted octanol–water partition coefficient (Wildman–Crippen LogP) is 0.383. The Morgan fingerprint density at radius 1 is 0.906 bits per heavy atom. The molecule has 17 nitrogen and oxygen atoms in total. The summed E-state index contributed by atoms with van der Waals surface area (Å²) < 4.78 is 10.6. The van der Waals surface area contributed by atoms with Crippen LogP contribution in [0.15, 0.2) is 48.6 Å². The second kappa shape index (κ2) is 23.4. The van der Waals surface area contributed by atoms with Gasteiger partial charge in [0.2, 0.25) is 17.7 Å². The van der Waals surface area contributed by atoms with Crippen molar-refractivity contribution in [1.82, 2.24) is 26.2 Å². The first-order chi connectivity index (χ1) is 25.3. The number of benzene rings is 1. The summed E-state index contributed by atoms with van der Waals surface area (Å²) in [6, 6.07) is 4.74. The highest BCUT2D eigenvalue weighted by Crippen LogP contribution is 2.19. The minimum atomic E-state index is -1.36. The van der Waals surface area contributed by atoms with Gasteiger partial charge in [-0.2, -0.15) is 0 Å². The number of ether oxygens (including phenoxy) is 2. The van der Waals surface area contributed by atoms with Crippen LogP contribution in [0.25, 0.3) is 0 Å². The first-order valence-electron chi connectivity index (χ1n) is 17.5. The van der Waals surface area contributed by atoms with Crippen molar-refractivity contribution in [3.8, 4) is 0 Å². The first-order valence-corrected chi connectivity index (χ1v) is 17.5. The van der Waals surface area contributed by atoms with Crippen LogP contribution in [0.3, 0.4) is 0 Å². The average Bonchev–Trinajstić information content (AvgIpc) is 3.44.